The van der Waals surface area contributed by atoms with Crippen molar-refractivity contribution in [1.29, 1.82) is 0 Å². The minimum atomic E-state index is -0.836. The van der Waals surface area contributed by atoms with Crippen LogP contribution in [0.15, 0.2) is 104 Å². The fourth-order valence-corrected chi connectivity index (χ4v) is 4.32. The summed E-state index contributed by atoms with van der Waals surface area (Å²) in [6.07, 6.45) is 11.4. The highest BCUT2D eigenvalue weighted by atomic mass is 16.2. The number of nitrogens with two attached hydrogens (primary N) is 1. The average Bonchev–Trinajstić information content (AvgIpc) is 2.91. The van der Waals surface area contributed by atoms with Gasteiger partial charge in [0.1, 0.15) is 0 Å². The van der Waals surface area contributed by atoms with Crippen LogP contribution in [0.2, 0.25) is 0 Å². The summed E-state index contributed by atoms with van der Waals surface area (Å²) < 4.78 is 0. The predicted molar refractivity (Wildman–Crippen MR) is 159 cm³/mol. The van der Waals surface area contributed by atoms with Crippen LogP contribution in [0, 0.1) is 0 Å². The molecule has 2 N–H and O–H groups in total. The molecular formula is C33H43N3O. The Morgan fingerprint density at radius 2 is 1.68 bits per heavy atom. The first-order chi connectivity index (χ1) is 17.7. The number of allylic oxidation sites excluding steroid dienone is 5. The number of amides is 1. The Hall–Kier alpha value is -3.63. The van der Waals surface area contributed by atoms with Crippen LogP contribution in [0.25, 0.3) is 5.57 Å². The summed E-state index contributed by atoms with van der Waals surface area (Å²) >= 11 is 0. The molecule has 4 nitrogen and oxygen atoms in total. The van der Waals surface area contributed by atoms with Gasteiger partial charge in [-0.1, -0.05) is 88.2 Å². The molecule has 1 unspecified atom stereocenters. The molecule has 0 aliphatic rings. The molecule has 0 saturated carbocycles. The lowest BCUT2D eigenvalue weighted by Crippen LogP contribution is -2.41. The smallest absolute Gasteiger partial charge is 0.253 e. The van der Waals surface area contributed by atoms with E-state index in [1.54, 1.807) is 12.3 Å². The van der Waals surface area contributed by atoms with Gasteiger partial charge >= 0.3 is 0 Å². The lowest BCUT2D eigenvalue weighted by Gasteiger charge is -2.35. The maximum Gasteiger partial charge on any atom is 0.253 e. The molecule has 1 atom stereocenters. The predicted octanol–water partition coefficient (Wildman–Crippen LogP) is 7.43. The van der Waals surface area contributed by atoms with E-state index in [0.717, 1.165) is 53.9 Å². The highest BCUT2D eigenvalue weighted by Gasteiger charge is 2.29. The molecular weight excluding hydrogens is 454 g/mol. The van der Waals surface area contributed by atoms with Crippen molar-refractivity contribution < 1.29 is 4.79 Å². The van der Waals surface area contributed by atoms with Crippen LogP contribution < -0.4 is 5.73 Å². The van der Waals surface area contributed by atoms with Crippen molar-refractivity contribution in [3.63, 3.8) is 0 Å². The van der Waals surface area contributed by atoms with Gasteiger partial charge in [0.2, 0.25) is 0 Å². The Kier molecular flexibility index (Phi) is 11.4. The van der Waals surface area contributed by atoms with Crippen molar-refractivity contribution in [2.24, 2.45) is 5.73 Å². The third-order valence-electron chi connectivity index (χ3n) is 6.49. The lowest BCUT2D eigenvalue weighted by molar-refractivity contribution is 0.0755. The monoisotopic (exact) mass is 497 g/mol. The minimum absolute atomic E-state index is 0.0697. The van der Waals surface area contributed by atoms with E-state index in [-0.39, 0.29) is 5.91 Å². The van der Waals surface area contributed by atoms with Crippen LogP contribution in [-0.2, 0) is 12.1 Å². The Morgan fingerprint density at radius 1 is 1.03 bits per heavy atom. The van der Waals surface area contributed by atoms with E-state index in [4.69, 9.17) is 5.73 Å². The van der Waals surface area contributed by atoms with Crippen molar-refractivity contribution in [3.8, 4) is 0 Å². The van der Waals surface area contributed by atoms with Gasteiger partial charge in [-0.2, -0.15) is 0 Å². The van der Waals surface area contributed by atoms with Crippen molar-refractivity contribution in [3.05, 3.63) is 127 Å². The lowest BCUT2D eigenvalue weighted by atomic mass is 9.87. The maximum atomic E-state index is 13.1. The summed E-state index contributed by atoms with van der Waals surface area (Å²) in [5, 5.41) is 0. The minimum Gasteiger partial charge on any atom is -0.346 e. The third-order valence-corrected chi connectivity index (χ3v) is 6.49. The molecule has 0 aliphatic carbocycles. The van der Waals surface area contributed by atoms with Crippen molar-refractivity contribution in [2.45, 2.75) is 52.6 Å². The second kappa shape index (κ2) is 14.2. The normalized spacial score (nSPS) is 13.2. The molecule has 2 rings (SSSR count). The Morgan fingerprint density at radius 3 is 2.27 bits per heavy atom. The van der Waals surface area contributed by atoms with Crippen LogP contribution in [-0.4, -0.2) is 28.8 Å². The second-order valence-electron chi connectivity index (χ2n) is 9.37. The number of carbonyl (C=O) groups excluding carboxylic acids is 1. The molecule has 37 heavy (non-hydrogen) atoms. The molecule has 2 aromatic carbocycles. The fraction of sp³-hybridized carbons (Fsp3) is 0.303. The topological polar surface area (TPSA) is 49.6 Å². The molecule has 0 saturated heterocycles. The van der Waals surface area contributed by atoms with Gasteiger partial charge in [0.15, 0.2) is 0 Å². The Bertz CT molecular complexity index is 1150. The van der Waals surface area contributed by atoms with Gasteiger partial charge in [-0.3, -0.25) is 4.79 Å². The molecule has 0 radical (unpaired) electrons. The highest BCUT2D eigenvalue weighted by Crippen LogP contribution is 2.31. The van der Waals surface area contributed by atoms with Gasteiger partial charge in [-0.05, 0) is 73.4 Å². The quantitative estimate of drug-likeness (QED) is 0.276. The number of hydrogen-bond donors (Lipinski definition) is 1. The van der Waals surface area contributed by atoms with E-state index >= 15 is 0 Å². The molecule has 0 heterocycles. The molecule has 0 aromatic heterocycles. The van der Waals surface area contributed by atoms with Crippen molar-refractivity contribution >= 4 is 11.5 Å². The van der Waals surface area contributed by atoms with Gasteiger partial charge < -0.3 is 15.5 Å². The Balaban J connectivity index is 2.30. The van der Waals surface area contributed by atoms with Crippen molar-refractivity contribution in [2.75, 3.05) is 13.1 Å². The van der Waals surface area contributed by atoms with Gasteiger partial charge in [0.05, 0.1) is 5.54 Å². The number of benzene rings is 2. The summed E-state index contributed by atoms with van der Waals surface area (Å²) in [7, 11) is 0. The summed E-state index contributed by atoms with van der Waals surface area (Å²) in [5.41, 5.74) is 11.6. The van der Waals surface area contributed by atoms with Gasteiger partial charge in [-0.15, -0.1) is 0 Å². The van der Waals surface area contributed by atoms with E-state index in [1.807, 2.05) is 72.2 Å². The van der Waals surface area contributed by atoms with E-state index in [0.29, 0.717) is 12.1 Å². The number of rotatable bonds is 14. The van der Waals surface area contributed by atoms with E-state index in [9.17, 15) is 4.79 Å². The first kappa shape index (κ1) is 29.6. The third kappa shape index (κ3) is 7.68. The standard InChI is InChI=1S/C33H43N3O/c1-8-13-17-28(11-4)29-18-15-20-31(24-29)33(7,34)26(6)35(12-5)25-27-16-14-19-30(23-27)32(37)36(21-9-2)22-10-3/h8,11-20,23-24H,1,5-6,9-10,21-22,25,34H2,2-4,7H3/b17-13-,28-11+. The van der Waals surface area contributed by atoms with E-state index in [2.05, 4.69) is 51.8 Å². The first-order valence-electron chi connectivity index (χ1n) is 13.0. The largest absolute Gasteiger partial charge is 0.346 e. The number of carbonyl (C=O) groups is 1. The summed E-state index contributed by atoms with van der Waals surface area (Å²) in [6.45, 7) is 22.3. The second-order valence-corrected chi connectivity index (χ2v) is 9.37. The fourth-order valence-electron chi connectivity index (χ4n) is 4.32. The zero-order valence-electron chi connectivity index (χ0n) is 23.0. The molecule has 0 fully saturated rings. The van der Waals surface area contributed by atoms with Gasteiger partial charge in [0, 0.05) is 30.9 Å². The summed E-state index contributed by atoms with van der Waals surface area (Å²) in [4.78, 5) is 17.0. The average molecular weight is 498 g/mol. The SMILES string of the molecule is C=C/C=C\C(=C/C)c1cccc(C(C)(N)C(=C)N(C=C)Cc2cccc(C(=O)N(CCC)CCC)c2)c1. The Labute approximate surface area is 224 Å². The van der Waals surface area contributed by atoms with Crippen LogP contribution >= 0.6 is 0 Å². The van der Waals surface area contributed by atoms with Crippen LogP contribution in [0.5, 0.6) is 0 Å². The maximum absolute atomic E-state index is 13.1. The molecule has 4 heteroatoms. The molecule has 196 valence electrons. The van der Waals surface area contributed by atoms with Gasteiger partial charge in [0.25, 0.3) is 5.91 Å². The first-order valence-corrected chi connectivity index (χ1v) is 13.0. The number of nitrogens with zero attached hydrogens (tertiary/aromatic N) is 2. The van der Waals surface area contributed by atoms with Crippen LogP contribution in [0.4, 0.5) is 0 Å². The van der Waals surface area contributed by atoms with Crippen molar-refractivity contribution in [1.82, 2.24) is 9.80 Å². The zero-order valence-corrected chi connectivity index (χ0v) is 23.0. The molecule has 0 aliphatic heterocycles. The summed E-state index contributed by atoms with van der Waals surface area (Å²) in [5.74, 6) is 0.0697. The summed E-state index contributed by atoms with van der Waals surface area (Å²) in [6, 6.07) is 16.0. The molecule has 0 spiro atoms. The molecule has 1 amide bonds. The van der Waals surface area contributed by atoms with E-state index < -0.39 is 5.54 Å². The zero-order chi connectivity index (χ0) is 27.4. The molecule has 0 bridgehead atoms. The van der Waals surface area contributed by atoms with Crippen LogP contribution in [0.3, 0.4) is 0 Å². The molecule has 2 aromatic rings. The van der Waals surface area contributed by atoms with Gasteiger partial charge in [-0.25, -0.2) is 0 Å². The van der Waals surface area contributed by atoms with Crippen LogP contribution in [0.1, 0.15) is 67.6 Å². The van der Waals surface area contributed by atoms with E-state index in [1.165, 1.54) is 0 Å². The highest BCUT2D eigenvalue weighted by molar-refractivity contribution is 5.94. The number of hydrogen-bond acceptors (Lipinski definition) is 3.